The van der Waals surface area contributed by atoms with Crippen molar-refractivity contribution < 1.29 is 19.1 Å². The summed E-state index contributed by atoms with van der Waals surface area (Å²) >= 11 is 0. The molecule has 0 spiro atoms. The molecule has 1 heterocycles. The number of allylic oxidation sites excluding steroid dienone is 1. The second kappa shape index (κ2) is 8.79. The van der Waals surface area contributed by atoms with Crippen molar-refractivity contribution in [1.29, 1.82) is 0 Å². The van der Waals surface area contributed by atoms with Gasteiger partial charge in [-0.25, -0.2) is 0 Å². The van der Waals surface area contributed by atoms with E-state index in [1.165, 1.54) is 0 Å². The summed E-state index contributed by atoms with van der Waals surface area (Å²) < 4.78 is 9.69. The monoisotopic (exact) mass is 291 g/mol. The molecule has 0 aliphatic carbocycles. The number of hydrogen-bond donors (Lipinski definition) is 0. The Bertz CT molecular complexity index is 511. The Kier molecular flexibility index (Phi) is 7.01. The smallest absolute Gasteiger partial charge is 0.293 e. The summed E-state index contributed by atoms with van der Waals surface area (Å²) in [5.74, 6) is 0.873. The van der Waals surface area contributed by atoms with Gasteiger partial charge in [-0.05, 0) is 31.5 Å². The van der Waals surface area contributed by atoms with Gasteiger partial charge >= 0.3 is 0 Å². The van der Waals surface area contributed by atoms with Gasteiger partial charge in [0.15, 0.2) is 0 Å². The van der Waals surface area contributed by atoms with Gasteiger partial charge in [-0.2, -0.15) is 0 Å². The standard InChI is InChI=1S/C13H15NO2.C3H6O2/c1-3-4-10-5-6-12-11(9-10)14(2)13(15)7-8-16-12;1-2-5-3-4/h3-6,9H,7-8H2,1-2H3;3H,2H2,1H3/b4-3+;. The zero-order valence-corrected chi connectivity index (χ0v) is 12.7. The van der Waals surface area contributed by atoms with Crippen LogP contribution in [0.4, 0.5) is 5.69 Å². The largest absolute Gasteiger partial charge is 0.491 e. The van der Waals surface area contributed by atoms with Crippen molar-refractivity contribution in [2.75, 3.05) is 25.2 Å². The molecule has 1 aliphatic heterocycles. The highest BCUT2D eigenvalue weighted by Gasteiger charge is 2.19. The van der Waals surface area contributed by atoms with Gasteiger partial charge in [-0.3, -0.25) is 9.59 Å². The number of fused-ring (bicyclic) bond motifs is 1. The topological polar surface area (TPSA) is 55.8 Å². The minimum absolute atomic E-state index is 0.0939. The van der Waals surface area contributed by atoms with Crippen LogP contribution in [0.5, 0.6) is 5.75 Å². The Hall–Kier alpha value is -2.30. The first kappa shape index (κ1) is 16.8. The molecule has 0 unspecified atom stereocenters. The molecule has 0 saturated heterocycles. The Labute approximate surface area is 125 Å². The molecule has 0 fully saturated rings. The molecular formula is C16H21NO4. The van der Waals surface area contributed by atoms with E-state index in [1.807, 2.05) is 37.3 Å². The molecule has 5 heteroatoms. The summed E-state index contributed by atoms with van der Waals surface area (Å²) in [4.78, 5) is 22.5. The van der Waals surface area contributed by atoms with Crippen LogP contribution in [0.1, 0.15) is 25.8 Å². The van der Waals surface area contributed by atoms with Crippen LogP contribution in [0.25, 0.3) is 6.08 Å². The zero-order chi connectivity index (χ0) is 15.7. The third-order valence-electron chi connectivity index (χ3n) is 2.89. The summed E-state index contributed by atoms with van der Waals surface area (Å²) in [6.07, 6.45) is 4.41. The first-order valence-electron chi connectivity index (χ1n) is 6.85. The van der Waals surface area contributed by atoms with Crippen LogP contribution in [0.2, 0.25) is 0 Å². The lowest BCUT2D eigenvalue weighted by atomic mass is 10.1. The van der Waals surface area contributed by atoms with Crippen LogP contribution in [0.15, 0.2) is 24.3 Å². The van der Waals surface area contributed by atoms with E-state index >= 15 is 0 Å². The predicted octanol–water partition coefficient (Wildman–Crippen LogP) is 2.64. The van der Waals surface area contributed by atoms with Crippen LogP contribution in [-0.4, -0.2) is 32.6 Å². The average molecular weight is 291 g/mol. The van der Waals surface area contributed by atoms with Gasteiger partial charge in [-0.15, -0.1) is 0 Å². The van der Waals surface area contributed by atoms with E-state index in [0.29, 0.717) is 26.1 Å². The fourth-order valence-corrected chi connectivity index (χ4v) is 1.83. The van der Waals surface area contributed by atoms with Crippen LogP contribution in [0, 0.1) is 0 Å². The average Bonchev–Trinajstić information content (AvgIpc) is 2.62. The summed E-state index contributed by atoms with van der Waals surface area (Å²) in [6, 6.07) is 5.88. The number of carbonyl (C=O) groups excluding carboxylic acids is 2. The summed E-state index contributed by atoms with van der Waals surface area (Å²) in [5.41, 5.74) is 1.92. The lowest BCUT2D eigenvalue weighted by Gasteiger charge is -2.16. The Balaban J connectivity index is 0.000000383. The van der Waals surface area contributed by atoms with E-state index in [1.54, 1.807) is 18.9 Å². The molecule has 114 valence electrons. The van der Waals surface area contributed by atoms with Crippen molar-refractivity contribution in [2.24, 2.45) is 0 Å². The van der Waals surface area contributed by atoms with E-state index < -0.39 is 0 Å². The van der Waals surface area contributed by atoms with Crippen molar-refractivity contribution in [1.82, 2.24) is 0 Å². The van der Waals surface area contributed by atoms with Gasteiger partial charge in [0.1, 0.15) is 5.75 Å². The quantitative estimate of drug-likeness (QED) is 0.803. The zero-order valence-electron chi connectivity index (χ0n) is 12.7. The third kappa shape index (κ3) is 4.95. The number of hydrogen-bond acceptors (Lipinski definition) is 4. The maximum Gasteiger partial charge on any atom is 0.293 e. The van der Waals surface area contributed by atoms with Gasteiger partial charge in [0.05, 0.1) is 25.3 Å². The van der Waals surface area contributed by atoms with Crippen molar-refractivity contribution >= 4 is 24.1 Å². The van der Waals surface area contributed by atoms with Gasteiger partial charge in [0.25, 0.3) is 6.47 Å². The molecule has 1 aliphatic rings. The number of ether oxygens (including phenoxy) is 2. The van der Waals surface area contributed by atoms with Crippen LogP contribution in [0.3, 0.4) is 0 Å². The van der Waals surface area contributed by atoms with Gasteiger partial charge in [0, 0.05) is 7.05 Å². The number of rotatable bonds is 3. The Morgan fingerprint density at radius 2 is 2.19 bits per heavy atom. The normalized spacial score (nSPS) is 13.7. The van der Waals surface area contributed by atoms with Crippen molar-refractivity contribution in [3.63, 3.8) is 0 Å². The molecular weight excluding hydrogens is 270 g/mol. The molecule has 21 heavy (non-hydrogen) atoms. The van der Waals surface area contributed by atoms with Gasteiger partial charge in [-0.1, -0.05) is 18.2 Å². The van der Waals surface area contributed by atoms with E-state index in [0.717, 1.165) is 17.0 Å². The highest BCUT2D eigenvalue weighted by molar-refractivity contribution is 5.95. The summed E-state index contributed by atoms with van der Waals surface area (Å²) in [5, 5.41) is 0. The highest BCUT2D eigenvalue weighted by atomic mass is 16.5. The van der Waals surface area contributed by atoms with E-state index in [4.69, 9.17) is 4.74 Å². The van der Waals surface area contributed by atoms with Crippen LogP contribution in [-0.2, 0) is 14.3 Å². The number of amides is 1. The molecule has 0 saturated carbocycles. The van der Waals surface area contributed by atoms with E-state index in [9.17, 15) is 9.59 Å². The fourth-order valence-electron chi connectivity index (χ4n) is 1.83. The molecule has 0 atom stereocenters. The van der Waals surface area contributed by atoms with Crippen molar-refractivity contribution in [3.05, 3.63) is 29.8 Å². The molecule has 0 aromatic heterocycles. The highest BCUT2D eigenvalue weighted by Crippen LogP contribution is 2.31. The predicted molar refractivity (Wildman–Crippen MR) is 82.4 cm³/mol. The van der Waals surface area contributed by atoms with Crippen LogP contribution >= 0.6 is 0 Å². The van der Waals surface area contributed by atoms with Gasteiger partial charge in [0.2, 0.25) is 5.91 Å². The third-order valence-corrected chi connectivity index (χ3v) is 2.89. The van der Waals surface area contributed by atoms with Crippen LogP contribution < -0.4 is 9.64 Å². The van der Waals surface area contributed by atoms with Gasteiger partial charge < -0.3 is 14.4 Å². The lowest BCUT2D eigenvalue weighted by molar-refractivity contribution is -0.128. The molecule has 0 radical (unpaired) electrons. The second-order valence-electron chi connectivity index (χ2n) is 4.33. The Morgan fingerprint density at radius 1 is 1.43 bits per heavy atom. The minimum Gasteiger partial charge on any atom is -0.491 e. The minimum atomic E-state index is 0.0939. The van der Waals surface area contributed by atoms with Crippen molar-refractivity contribution in [3.8, 4) is 5.75 Å². The van der Waals surface area contributed by atoms with E-state index in [-0.39, 0.29) is 5.91 Å². The SMILES string of the molecule is C/C=C/c1ccc2c(c1)N(C)C(=O)CCO2.CCOC=O. The molecule has 1 aromatic rings. The number of anilines is 1. The second-order valence-corrected chi connectivity index (χ2v) is 4.33. The fraction of sp³-hybridized carbons (Fsp3) is 0.375. The molecule has 0 N–H and O–H groups in total. The first-order valence-corrected chi connectivity index (χ1v) is 6.85. The Morgan fingerprint density at radius 3 is 2.76 bits per heavy atom. The molecule has 1 aromatic carbocycles. The first-order chi connectivity index (χ1) is 10.1. The van der Waals surface area contributed by atoms with Crippen molar-refractivity contribution in [2.45, 2.75) is 20.3 Å². The molecule has 2 rings (SSSR count). The maximum absolute atomic E-state index is 11.7. The summed E-state index contributed by atoms with van der Waals surface area (Å²) in [7, 11) is 1.79. The molecule has 0 bridgehead atoms. The number of benzene rings is 1. The van der Waals surface area contributed by atoms with E-state index in [2.05, 4.69) is 4.74 Å². The summed E-state index contributed by atoms with van der Waals surface area (Å²) in [6.45, 7) is 5.09. The maximum atomic E-state index is 11.7. The molecule has 1 amide bonds. The number of carbonyl (C=O) groups is 2. The molecule has 5 nitrogen and oxygen atoms in total. The lowest BCUT2D eigenvalue weighted by Crippen LogP contribution is -2.25. The number of nitrogens with zero attached hydrogens (tertiary/aromatic N) is 1.